The number of rotatable bonds is 8. The summed E-state index contributed by atoms with van der Waals surface area (Å²) in [5.41, 5.74) is 0.979. The van der Waals surface area contributed by atoms with Crippen LogP contribution in [0, 0.1) is 0 Å². The van der Waals surface area contributed by atoms with E-state index >= 15 is 0 Å². The molecule has 1 N–H and O–H groups in total. The average Bonchev–Trinajstić information content (AvgIpc) is 3.23. The zero-order chi connectivity index (χ0) is 19.3. The van der Waals surface area contributed by atoms with Gasteiger partial charge in [0.2, 0.25) is 10.0 Å². The van der Waals surface area contributed by atoms with Crippen LogP contribution in [0.2, 0.25) is 0 Å². The molecule has 8 nitrogen and oxygen atoms in total. The first kappa shape index (κ1) is 19.0. The fraction of sp³-hybridized carbons (Fsp3) is 0.278. The van der Waals surface area contributed by atoms with Gasteiger partial charge in [-0.15, -0.1) is 0 Å². The van der Waals surface area contributed by atoms with Gasteiger partial charge in [0.15, 0.2) is 5.82 Å². The van der Waals surface area contributed by atoms with Gasteiger partial charge in [0, 0.05) is 44.4 Å². The Morgan fingerprint density at radius 3 is 2.44 bits per heavy atom. The van der Waals surface area contributed by atoms with Crippen molar-refractivity contribution in [1.82, 2.24) is 24.1 Å². The summed E-state index contributed by atoms with van der Waals surface area (Å²) in [5.74, 6) is 1.34. The van der Waals surface area contributed by atoms with Crippen LogP contribution in [0.25, 0.3) is 5.82 Å². The van der Waals surface area contributed by atoms with Crippen LogP contribution in [0.4, 0.5) is 5.82 Å². The van der Waals surface area contributed by atoms with Gasteiger partial charge in [0.05, 0.1) is 0 Å². The summed E-state index contributed by atoms with van der Waals surface area (Å²) in [4.78, 5) is 8.79. The standard InChI is InChI=1S/C18H22N6O2S/c1-3-23(4-2)27(25,26)16-7-8-17(20-14-16)19-12-15-6-9-18(21-13-15)24-11-5-10-22-24/h5-11,13-14H,3-4,12H2,1-2H3,(H,19,20). The third-order valence-corrected chi connectivity index (χ3v) is 6.13. The number of nitrogens with zero attached hydrogens (tertiary/aromatic N) is 5. The zero-order valence-corrected chi connectivity index (χ0v) is 16.1. The number of nitrogens with one attached hydrogen (secondary N) is 1. The lowest BCUT2D eigenvalue weighted by atomic mass is 10.3. The first-order chi connectivity index (χ1) is 13.0. The highest BCUT2D eigenvalue weighted by Gasteiger charge is 2.21. The topological polar surface area (TPSA) is 93.0 Å². The van der Waals surface area contributed by atoms with Crippen LogP contribution in [0.3, 0.4) is 0 Å². The number of hydrogen-bond donors (Lipinski definition) is 1. The molecule has 3 aromatic heterocycles. The summed E-state index contributed by atoms with van der Waals surface area (Å²) >= 11 is 0. The molecular formula is C18H22N6O2S. The molecule has 3 heterocycles. The number of pyridine rings is 2. The molecule has 0 fully saturated rings. The second-order valence-corrected chi connectivity index (χ2v) is 7.74. The van der Waals surface area contributed by atoms with E-state index in [-0.39, 0.29) is 4.90 Å². The Hall–Kier alpha value is -2.78. The minimum atomic E-state index is -3.49. The Balaban J connectivity index is 1.63. The summed E-state index contributed by atoms with van der Waals surface area (Å²) in [6.45, 7) is 5.02. The van der Waals surface area contributed by atoms with Gasteiger partial charge in [0.25, 0.3) is 0 Å². The Morgan fingerprint density at radius 2 is 1.89 bits per heavy atom. The van der Waals surface area contributed by atoms with E-state index in [2.05, 4.69) is 20.4 Å². The summed E-state index contributed by atoms with van der Waals surface area (Å²) in [6, 6.07) is 8.92. The maximum atomic E-state index is 12.5. The van der Waals surface area contributed by atoms with E-state index < -0.39 is 10.0 Å². The lowest BCUT2D eigenvalue weighted by Gasteiger charge is -2.18. The van der Waals surface area contributed by atoms with Gasteiger partial charge in [-0.25, -0.2) is 23.1 Å². The molecule has 142 valence electrons. The molecule has 27 heavy (non-hydrogen) atoms. The Morgan fingerprint density at radius 1 is 1.07 bits per heavy atom. The van der Waals surface area contributed by atoms with E-state index in [4.69, 9.17) is 0 Å². The lowest BCUT2D eigenvalue weighted by Crippen LogP contribution is -2.30. The van der Waals surface area contributed by atoms with Gasteiger partial charge in [-0.2, -0.15) is 9.40 Å². The smallest absolute Gasteiger partial charge is 0.244 e. The van der Waals surface area contributed by atoms with Crippen molar-refractivity contribution in [2.24, 2.45) is 0 Å². The Kier molecular flexibility index (Phi) is 5.82. The second kappa shape index (κ2) is 8.28. The predicted octanol–water partition coefficient (Wildman–Crippen LogP) is 2.30. The molecule has 0 aliphatic rings. The van der Waals surface area contributed by atoms with Crippen molar-refractivity contribution < 1.29 is 8.42 Å². The first-order valence-corrected chi connectivity index (χ1v) is 10.1. The van der Waals surface area contributed by atoms with Gasteiger partial charge in [-0.05, 0) is 29.8 Å². The molecule has 0 atom stereocenters. The maximum Gasteiger partial charge on any atom is 0.244 e. The van der Waals surface area contributed by atoms with E-state index in [9.17, 15) is 8.42 Å². The van der Waals surface area contributed by atoms with Crippen LogP contribution < -0.4 is 5.32 Å². The minimum absolute atomic E-state index is 0.196. The maximum absolute atomic E-state index is 12.5. The molecule has 0 unspecified atom stereocenters. The van der Waals surface area contributed by atoms with Gasteiger partial charge < -0.3 is 5.32 Å². The third-order valence-electron chi connectivity index (χ3n) is 4.10. The molecule has 0 aliphatic heterocycles. The van der Waals surface area contributed by atoms with Crippen molar-refractivity contribution in [3.05, 3.63) is 60.7 Å². The Bertz CT molecular complexity index is 950. The molecule has 0 saturated carbocycles. The molecule has 0 radical (unpaired) electrons. The minimum Gasteiger partial charge on any atom is -0.366 e. The van der Waals surface area contributed by atoms with Gasteiger partial charge >= 0.3 is 0 Å². The highest BCUT2D eigenvalue weighted by Crippen LogP contribution is 2.16. The van der Waals surface area contributed by atoms with E-state index in [0.717, 1.165) is 11.4 Å². The fourth-order valence-electron chi connectivity index (χ4n) is 2.60. The van der Waals surface area contributed by atoms with E-state index in [1.807, 2.05) is 38.2 Å². The fourth-order valence-corrected chi connectivity index (χ4v) is 4.01. The molecule has 0 aliphatic carbocycles. The number of aromatic nitrogens is 4. The molecular weight excluding hydrogens is 364 g/mol. The van der Waals surface area contributed by atoms with E-state index in [0.29, 0.717) is 25.5 Å². The van der Waals surface area contributed by atoms with Crippen molar-refractivity contribution >= 4 is 15.8 Å². The van der Waals surface area contributed by atoms with Crippen LogP contribution in [0.15, 0.2) is 60.0 Å². The molecule has 9 heteroatoms. The van der Waals surface area contributed by atoms with Crippen LogP contribution in [0.5, 0.6) is 0 Å². The van der Waals surface area contributed by atoms with Crippen molar-refractivity contribution in [1.29, 1.82) is 0 Å². The van der Waals surface area contributed by atoms with Crippen LogP contribution >= 0.6 is 0 Å². The Labute approximate surface area is 158 Å². The van der Waals surface area contributed by atoms with Gasteiger partial charge in [0.1, 0.15) is 10.7 Å². The summed E-state index contributed by atoms with van der Waals surface area (Å²) < 4.78 is 28.0. The van der Waals surface area contributed by atoms with Crippen LogP contribution in [-0.2, 0) is 16.6 Å². The molecule has 3 aromatic rings. The highest BCUT2D eigenvalue weighted by molar-refractivity contribution is 7.89. The quantitative estimate of drug-likeness (QED) is 0.639. The van der Waals surface area contributed by atoms with Crippen molar-refractivity contribution in [3.8, 4) is 5.82 Å². The predicted molar refractivity (Wildman–Crippen MR) is 103 cm³/mol. The average molecular weight is 386 g/mol. The number of anilines is 1. The first-order valence-electron chi connectivity index (χ1n) is 8.69. The summed E-state index contributed by atoms with van der Waals surface area (Å²) in [5, 5.41) is 7.31. The van der Waals surface area contributed by atoms with Gasteiger partial charge in [-0.3, -0.25) is 0 Å². The molecule has 0 bridgehead atoms. The largest absolute Gasteiger partial charge is 0.366 e. The second-order valence-electron chi connectivity index (χ2n) is 5.80. The van der Waals surface area contributed by atoms with Crippen molar-refractivity contribution in [3.63, 3.8) is 0 Å². The summed E-state index contributed by atoms with van der Waals surface area (Å²) in [6.07, 6.45) is 6.68. The lowest BCUT2D eigenvalue weighted by molar-refractivity contribution is 0.445. The van der Waals surface area contributed by atoms with Crippen molar-refractivity contribution in [2.45, 2.75) is 25.3 Å². The summed E-state index contributed by atoms with van der Waals surface area (Å²) in [7, 11) is -3.49. The molecule has 0 aromatic carbocycles. The third kappa shape index (κ3) is 4.32. The molecule has 0 saturated heterocycles. The molecule has 3 rings (SSSR count). The van der Waals surface area contributed by atoms with Crippen LogP contribution in [0.1, 0.15) is 19.4 Å². The van der Waals surface area contributed by atoms with Crippen LogP contribution in [-0.4, -0.2) is 45.6 Å². The number of sulfonamides is 1. The number of hydrogen-bond acceptors (Lipinski definition) is 6. The highest BCUT2D eigenvalue weighted by atomic mass is 32.2. The normalized spacial score (nSPS) is 11.7. The van der Waals surface area contributed by atoms with E-state index in [1.54, 1.807) is 29.2 Å². The van der Waals surface area contributed by atoms with Gasteiger partial charge in [-0.1, -0.05) is 19.9 Å². The monoisotopic (exact) mass is 386 g/mol. The zero-order valence-electron chi connectivity index (χ0n) is 15.3. The molecule has 0 amide bonds. The van der Waals surface area contributed by atoms with Crippen molar-refractivity contribution in [2.75, 3.05) is 18.4 Å². The van der Waals surface area contributed by atoms with E-state index in [1.165, 1.54) is 10.5 Å². The molecule has 0 spiro atoms. The SMILES string of the molecule is CCN(CC)S(=O)(=O)c1ccc(NCc2ccc(-n3cccn3)nc2)nc1.